The molecule has 0 aromatic heterocycles. The van der Waals surface area contributed by atoms with E-state index < -0.39 is 10.0 Å². The molecule has 0 N–H and O–H groups in total. The van der Waals surface area contributed by atoms with Gasteiger partial charge in [0.2, 0.25) is 10.0 Å². The highest BCUT2D eigenvalue weighted by atomic mass is 35.5. The molecular weight excluding hydrogens is 362 g/mol. The molecule has 0 aliphatic carbocycles. The van der Waals surface area contributed by atoms with Gasteiger partial charge in [-0.3, -0.25) is 9.10 Å². The van der Waals surface area contributed by atoms with Crippen molar-refractivity contribution in [2.24, 2.45) is 0 Å². The van der Waals surface area contributed by atoms with Crippen LogP contribution in [0.5, 0.6) is 0 Å². The van der Waals surface area contributed by atoms with Crippen LogP contribution in [0.1, 0.15) is 30.1 Å². The number of likely N-dealkylation sites (N-methyl/N-ethyl adjacent to an activating group) is 1. The molecule has 0 saturated carbocycles. The first-order chi connectivity index (χ1) is 11.9. The number of nitrogens with zero attached hydrogens (tertiary/aromatic N) is 3. The molecule has 0 spiro atoms. The van der Waals surface area contributed by atoms with Crippen LogP contribution >= 0.6 is 11.6 Å². The Morgan fingerprint density at radius 3 is 2.48 bits per heavy atom. The third kappa shape index (κ3) is 3.93. The van der Waals surface area contributed by atoms with E-state index in [9.17, 15) is 13.2 Å². The maximum atomic E-state index is 12.9. The lowest BCUT2D eigenvalue weighted by atomic mass is 10.1. The van der Waals surface area contributed by atoms with E-state index >= 15 is 0 Å². The Labute approximate surface area is 154 Å². The summed E-state index contributed by atoms with van der Waals surface area (Å²) < 4.78 is 26.0. The average molecular weight is 386 g/mol. The van der Waals surface area contributed by atoms with E-state index in [4.69, 9.17) is 11.6 Å². The Hall–Kier alpha value is -1.31. The summed E-state index contributed by atoms with van der Waals surface area (Å²) in [6, 6.07) is 4.92. The molecule has 0 unspecified atom stereocenters. The van der Waals surface area contributed by atoms with E-state index in [1.165, 1.54) is 4.31 Å². The second-order valence-corrected chi connectivity index (χ2v) is 8.91. The normalized spacial score (nSPS) is 21.4. The van der Waals surface area contributed by atoms with Gasteiger partial charge in [-0.1, -0.05) is 18.5 Å². The number of sulfonamides is 1. The van der Waals surface area contributed by atoms with Crippen LogP contribution in [0.3, 0.4) is 0 Å². The summed E-state index contributed by atoms with van der Waals surface area (Å²) in [7, 11) is -3.31. The monoisotopic (exact) mass is 385 g/mol. The van der Waals surface area contributed by atoms with Crippen molar-refractivity contribution in [3.8, 4) is 0 Å². The molecule has 0 radical (unpaired) electrons. The molecule has 1 aromatic carbocycles. The smallest absolute Gasteiger partial charge is 0.255 e. The number of piperazine rings is 1. The van der Waals surface area contributed by atoms with Crippen molar-refractivity contribution in [1.82, 2.24) is 9.80 Å². The molecule has 0 atom stereocenters. The van der Waals surface area contributed by atoms with Gasteiger partial charge < -0.3 is 9.80 Å². The first-order valence-corrected chi connectivity index (χ1v) is 10.7. The molecule has 2 saturated heterocycles. The molecule has 2 aliphatic heterocycles. The first kappa shape index (κ1) is 18.5. The SMILES string of the molecule is CCN1CCN(C(=O)c2cc(N3CCCCS3(=O)=O)ccc2Cl)CC1. The molecule has 1 amide bonds. The molecule has 0 bridgehead atoms. The van der Waals surface area contributed by atoms with Gasteiger partial charge in [0.25, 0.3) is 5.91 Å². The summed E-state index contributed by atoms with van der Waals surface area (Å²) in [5, 5.41) is 0.362. The van der Waals surface area contributed by atoms with Crippen LogP contribution in [0.15, 0.2) is 18.2 Å². The highest BCUT2D eigenvalue weighted by molar-refractivity contribution is 7.92. The standard InChI is InChI=1S/C17H24ClN3O3S/c1-2-19-8-10-20(11-9-19)17(22)15-13-14(5-6-16(15)18)21-7-3-4-12-25(21,23)24/h5-6,13H,2-4,7-12H2,1H3. The van der Waals surface area contributed by atoms with Gasteiger partial charge in [-0.15, -0.1) is 0 Å². The van der Waals surface area contributed by atoms with Crippen LogP contribution in [-0.2, 0) is 10.0 Å². The molecule has 25 heavy (non-hydrogen) atoms. The predicted molar refractivity (Wildman–Crippen MR) is 99.8 cm³/mol. The van der Waals surface area contributed by atoms with E-state index in [1.54, 1.807) is 23.1 Å². The Morgan fingerprint density at radius 1 is 1.12 bits per heavy atom. The Morgan fingerprint density at radius 2 is 1.84 bits per heavy atom. The Kier molecular flexibility index (Phi) is 5.55. The van der Waals surface area contributed by atoms with Gasteiger partial charge in [0.05, 0.1) is 22.0 Å². The fourth-order valence-corrected chi connectivity index (χ4v) is 5.18. The maximum Gasteiger partial charge on any atom is 0.255 e. The van der Waals surface area contributed by atoms with Crippen molar-refractivity contribution in [2.45, 2.75) is 19.8 Å². The average Bonchev–Trinajstić information content (AvgIpc) is 2.61. The van der Waals surface area contributed by atoms with Crippen molar-refractivity contribution < 1.29 is 13.2 Å². The third-order valence-corrected chi connectivity index (χ3v) is 7.12. The quantitative estimate of drug-likeness (QED) is 0.798. The fourth-order valence-electron chi connectivity index (χ4n) is 3.35. The van der Waals surface area contributed by atoms with Gasteiger partial charge >= 0.3 is 0 Å². The topological polar surface area (TPSA) is 60.9 Å². The van der Waals surface area contributed by atoms with Crippen molar-refractivity contribution in [1.29, 1.82) is 0 Å². The number of hydrogen-bond acceptors (Lipinski definition) is 4. The molecule has 1 aromatic rings. The van der Waals surface area contributed by atoms with Crippen molar-refractivity contribution in [3.05, 3.63) is 28.8 Å². The number of carbonyl (C=O) groups is 1. The van der Waals surface area contributed by atoms with Gasteiger partial charge in [0.1, 0.15) is 0 Å². The Balaban J connectivity index is 1.83. The minimum absolute atomic E-state index is 0.128. The predicted octanol–water partition coefficient (Wildman–Crippen LogP) is 2.05. The minimum Gasteiger partial charge on any atom is -0.336 e. The fraction of sp³-hybridized carbons (Fsp3) is 0.588. The lowest BCUT2D eigenvalue weighted by Crippen LogP contribution is -2.48. The second kappa shape index (κ2) is 7.51. The van der Waals surface area contributed by atoms with Gasteiger partial charge in [-0.25, -0.2) is 8.42 Å². The molecule has 2 aliphatic rings. The van der Waals surface area contributed by atoms with Crippen LogP contribution in [0, 0.1) is 0 Å². The number of rotatable bonds is 3. The number of benzene rings is 1. The van der Waals surface area contributed by atoms with Crippen molar-refractivity contribution in [3.63, 3.8) is 0 Å². The number of amides is 1. The number of halogens is 1. The molecule has 3 rings (SSSR count). The summed E-state index contributed by atoms with van der Waals surface area (Å²) in [5.41, 5.74) is 0.907. The van der Waals surface area contributed by atoms with E-state index in [-0.39, 0.29) is 11.7 Å². The zero-order valence-corrected chi connectivity index (χ0v) is 16.0. The van der Waals surface area contributed by atoms with E-state index in [0.29, 0.717) is 42.3 Å². The van der Waals surface area contributed by atoms with E-state index in [2.05, 4.69) is 11.8 Å². The number of hydrogen-bond donors (Lipinski definition) is 0. The second-order valence-electron chi connectivity index (χ2n) is 6.49. The van der Waals surface area contributed by atoms with E-state index in [0.717, 1.165) is 26.1 Å². The summed E-state index contributed by atoms with van der Waals surface area (Å²) in [4.78, 5) is 17.0. The summed E-state index contributed by atoms with van der Waals surface area (Å²) >= 11 is 6.25. The van der Waals surface area contributed by atoms with Gasteiger partial charge in [0.15, 0.2) is 0 Å². The molecule has 8 heteroatoms. The lowest BCUT2D eigenvalue weighted by Gasteiger charge is -2.34. The summed E-state index contributed by atoms with van der Waals surface area (Å²) in [5.74, 6) is 0.0229. The van der Waals surface area contributed by atoms with Crippen LogP contribution < -0.4 is 4.31 Å². The van der Waals surface area contributed by atoms with Crippen LogP contribution in [0.25, 0.3) is 0 Å². The van der Waals surface area contributed by atoms with Crippen LogP contribution in [-0.4, -0.2) is 69.1 Å². The third-order valence-electron chi connectivity index (χ3n) is 4.92. The molecule has 6 nitrogen and oxygen atoms in total. The molecule has 2 heterocycles. The molecule has 138 valence electrons. The van der Waals surface area contributed by atoms with E-state index in [1.807, 2.05) is 0 Å². The summed E-state index contributed by atoms with van der Waals surface area (Å²) in [6.45, 7) is 6.55. The lowest BCUT2D eigenvalue weighted by molar-refractivity contribution is 0.0643. The minimum atomic E-state index is -3.31. The highest BCUT2D eigenvalue weighted by Gasteiger charge is 2.28. The largest absolute Gasteiger partial charge is 0.336 e. The van der Waals surface area contributed by atoms with Gasteiger partial charge in [-0.05, 0) is 37.6 Å². The Bertz CT molecular complexity index is 746. The zero-order valence-electron chi connectivity index (χ0n) is 14.4. The van der Waals surface area contributed by atoms with Crippen LogP contribution in [0.2, 0.25) is 5.02 Å². The maximum absolute atomic E-state index is 12.9. The number of anilines is 1. The molecule has 2 fully saturated rings. The van der Waals surface area contributed by atoms with Crippen LogP contribution in [0.4, 0.5) is 5.69 Å². The zero-order chi connectivity index (χ0) is 18.0. The van der Waals surface area contributed by atoms with Crippen molar-refractivity contribution in [2.75, 3.05) is 49.3 Å². The summed E-state index contributed by atoms with van der Waals surface area (Å²) in [6.07, 6.45) is 1.50. The van der Waals surface area contributed by atoms with Crippen molar-refractivity contribution >= 4 is 33.2 Å². The first-order valence-electron chi connectivity index (χ1n) is 8.74. The van der Waals surface area contributed by atoms with Gasteiger partial charge in [-0.2, -0.15) is 0 Å². The highest BCUT2D eigenvalue weighted by Crippen LogP contribution is 2.29. The van der Waals surface area contributed by atoms with Gasteiger partial charge in [0, 0.05) is 32.7 Å². The number of carbonyl (C=O) groups excluding carboxylic acids is 1. The molecular formula is C17H24ClN3O3S.